The van der Waals surface area contributed by atoms with E-state index < -0.39 is 0 Å². The number of pyridine rings is 1. The zero-order valence-electron chi connectivity index (χ0n) is 22.7. The van der Waals surface area contributed by atoms with Crippen LogP contribution in [0.25, 0.3) is 11.5 Å². The highest BCUT2D eigenvalue weighted by Gasteiger charge is 2.19. The number of aromatic nitrogens is 6. The largest absolute Gasteiger partial charge is 0.393 e. The third-order valence-corrected chi connectivity index (χ3v) is 7.24. The number of carbonyl (C=O) groups excluding carboxylic acids is 1. The van der Waals surface area contributed by atoms with Crippen LogP contribution in [0.3, 0.4) is 0 Å². The van der Waals surface area contributed by atoms with Gasteiger partial charge in [-0.25, -0.2) is 9.97 Å². The molecule has 3 N–H and O–H groups in total. The highest BCUT2D eigenvalue weighted by Crippen LogP contribution is 2.19. The van der Waals surface area contributed by atoms with E-state index >= 15 is 0 Å². The van der Waals surface area contributed by atoms with Crippen LogP contribution in [0, 0.1) is 0 Å². The number of benzene rings is 1. The summed E-state index contributed by atoms with van der Waals surface area (Å²) in [7, 11) is 0. The summed E-state index contributed by atoms with van der Waals surface area (Å²) < 4.78 is 2.08. The average molecular weight is 542 g/mol. The summed E-state index contributed by atoms with van der Waals surface area (Å²) in [6.45, 7) is 6.21. The lowest BCUT2D eigenvalue weighted by molar-refractivity contribution is 0.0809. The lowest BCUT2D eigenvalue weighted by atomic mass is 10.1. The average Bonchev–Trinajstić information content (AvgIpc) is 3.42. The number of amides is 1. The molecule has 1 saturated heterocycles. The van der Waals surface area contributed by atoms with E-state index in [1.807, 2.05) is 36.5 Å². The van der Waals surface area contributed by atoms with Gasteiger partial charge in [-0.05, 0) is 60.7 Å². The van der Waals surface area contributed by atoms with Gasteiger partial charge in [-0.1, -0.05) is 13.0 Å². The van der Waals surface area contributed by atoms with E-state index in [-0.39, 0.29) is 12.0 Å². The predicted molar refractivity (Wildman–Crippen MR) is 151 cm³/mol. The number of piperidine rings is 1. The fourth-order valence-corrected chi connectivity index (χ4v) is 4.87. The summed E-state index contributed by atoms with van der Waals surface area (Å²) in [6, 6.07) is 11.2. The molecule has 4 heterocycles. The Morgan fingerprint density at radius 3 is 2.67 bits per heavy atom. The van der Waals surface area contributed by atoms with Crippen LogP contribution in [0.5, 0.6) is 0 Å². The van der Waals surface area contributed by atoms with E-state index in [9.17, 15) is 9.90 Å². The van der Waals surface area contributed by atoms with Crippen LogP contribution in [-0.4, -0.2) is 71.4 Å². The Morgan fingerprint density at radius 2 is 1.88 bits per heavy atom. The molecule has 1 aromatic carbocycles. The molecule has 0 bridgehead atoms. The van der Waals surface area contributed by atoms with Gasteiger partial charge >= 0.3 is 0 Å². The van der Waals surface area contributed by atoms with Crippen molar-refractivity contribution >= 4 is 11.6 Å². The summed E-state index contributed by atoms with van der Waals surface area (Å²) in [5.74, 6) is 1.32. The molecule has 3 aromatic heterocycles. The van der Waals surface area contributed by atoms with Gasteiger partial charge in [0.1, 0.15) is 12.0 Å². The van der Waals surface area contributed by atoms with Gasteiger partial charge in [0.05, 0.1) is 12.6 Å². The first kappa shape index (κ1) is 27.4. The first-order chi connectivity index (χ1) is 19.6. The van der Waals surface area contributed by atoms with E-state index in [0.29, 0.717) is 36.7 Å². The van der Waals surface area contributed by atoms with Crippen molar-refractivity contribution in [2.45, 2.75) is 51.9 Å². The molecule has 0 saturated carbocycles. The molecule has 5 rings (SSSR count). The molecule has 1 aliphatic rings. The second kappa shape index (κ2) is 13.2. The van der Waals surface area contributed by atoms with Gasteiger partial charge in [0.15, 0.2) is 11.6 Å². The number of anilines is 1. The Labute approximate surface area is 233 Å². The van der Waals surface area contributed by atoms with Crippen molar-refractivity contribution in [3.63, 3.8) is 0 Å². The second-order valence-corrected chi connectivity index (χ2v) is 9.87. The molecule has 0 radical (unpaired) electrons. The van der Waals surface area contributed by atoms with E-state index in [0.717, 1.165) is 61.5 Å². The standard InChI is InChI=1S/C29H35N9O2/c1-2-21-17-30-10-6-23(21)18-33-29(40)22-4-3-5-24(16-22)32-19-27-35-36-28(26-7-11-31-20-34-26)38(27)15-14-37-12-8-25(39)9-13-37/h3-7,10-11,16-17,20,25,32,39H,2,8-9,12-15,18-19H2,1H3,(H,33,40). The summed E-state index contributed by atoms with van der Waals surface area (Å²) in [5.41, 5.74) is 4.30. The summed E-state index contributed by atoms with van der Waals surface area (Å²) >= 11 is 0. The molecule has 40 heavy (non-hydrogen) atoms. The molecule has 0 atom stereocenters. The van der Waals surface area contributed by atoms with E-state index in [1.54, 1.807) is 18.5 Å². The molecular formula is C29H35N9O2. The number of rotatable bonds is 11. The van der Waals surface area contributed by atoms with Crippen LogP contribution in [0.1, 0.15) is 47.1 Å². The van der Waals surface area contributed by atoms with Crippen molar-refractivity contribution in [2.75, 3.05) is 25.0 Å². The van der Waals surface area contributed by atoms with Crippen LogP contribution >= 0.6 is 0 Å². The van der Waals surface area contributed by atoms with Crippen molar-refractivity contribution < 1.29 is 9.90 Å². The van der Waals surface area contributed by atoms with Gasteiger partial charge in [-0.15, -0.1) is 10.2 Å². The van der Waals surface area contributed by atoms with Crippen molar-refractivity contribution in [1.82, 2.24) is 39.9 Å². The molecule has 11 nitrogen and oxygen atoms in total. The molecule has 1 amide bonds. The van der Waals surface area contributed by atoms with Crippen LogP contribution in [0.2, 0.25) is 0 Å². The first-order valence-corrected chi connectivity index (χ1v) is 13.7. The third-order valence-electron chi connectivity index (χ3n) is 7.24. The maximum absolute atomic E-state index is 12.9. The highest BCUT2D eigenvalue weighted by molar-refractivity contribution is 5.95. The minimum Gasteiger partial charge on any atom is -0.393 e. The maximum atomic E-state index is 12.9. The Balaban J connectivity index is 1.26. The predicted octanol–water partition coefficient (Wildman–Crippen LogP) is 2.69. The molecule has 4 aromatic rings. The fourth-order valence-electron chi connectivity index (χ4n) is 4.87. The zero-order chi connectivity index (χ0) is 27.7. The Morgan fingerprint density at radius 1 is 1.02 bits per heavy atom. The van der Waals surface area contributed by atoms with Crippen molar-refractivity contribution in [1.29, 1.82) is 0 Å². The minimum atomic E-state index is -0.204. The minimum absolute atomic E-state index is 0.136. The number of hydrogen-bond acceptors (Lipinski definition) is 9. The number of hydrogen-bond donors (Lipinski definition) is 3. The third kappa shape index (κ3) is 6.85. The molecule has 0 unspecified atom stereocenters. The van der Waals surface area contributed by atoms with E-state index in [2.05, 4.69) is 52.2 Å². The van der Waals surface area contributed by atoms with Crippen molar-refractivity contribution in [3.8, 4) is 11.5 Å². The Hall–Kier alpha value is -4.22. The van der Waals surface area contributed by atoms with Crippen molar-refractivity contribution in [3.05, 3.63) is 83.8 Å². The maximum Gasteiger partial charge on any atom is 0.251 e. The van der Waals surface area contributed by atoms with Gasteiger partial charge in [-0.3, -0.25) is 9.78 Å². The van der Waals surface area contributed by atoms with Crippen LogP contribution in [-0.2, 0) is 26.1 Å². The SMILES string of the molecule is CCc1cnccc1CNC(=O)c1cccc(NCc2nnc(-c3ccncn3)n2CCN2CCC(O)CC2)c1. The molecule has 1 fully saturated rings. The molecule has 208 valence electrons. The van der Waals surface area contributed by atoms with Gasteiger partial charge in [-0.2, -0.15) is 0 Å². The number of carbonyl (C=O) groups is 1. The number of aliphatic hydroxyl groups excluding tert-OH is 1. The number of aliphatic hydroxyl groups is 1. The molecule has 1 aliphatic heterocycles. The quantitative estimate of drug-likeness (QED) is 0.262. The smallest absolute Gasteiger partial charge is 0.251 e. The molecule has 0 aliphatic carbocycles. The number of nitrogens with one attached hydrogen (secondary N) is 2. The van der Waals surface area contributed by atoms with E-state index in [4.69, 9.17) is 0 Å². The van der Waals surface area contributed by atoms with Crippen LogP contribution in [0.15, 0.2) is 61.3 Å². The van der Waals surface area contributed by atoms with Gasteiger partial charge in [0.25, 0.3) is 5.91 Å². The van der Waals surface area contributed by atoms with Gasteiger partial charge in [0, 0.05) is 62.6 Å². The number of aryl methyl sites for hydroxylation is 1. The highest BCUT2D eigenvalue weighted by atomic mass is 16.3. The number of nitrogens with zero attached hydrogens (tertiary/aromatic N) is 7. The summed E-state index contributed by atoms with van der Waals surface area (Å²) in [6.07, 6.45) is 9.04. The summed E-state index contributed by atoms with van der Waals surface area (Å²) in [5, 5.41) is 25.2. The Bertz CT molecular complexity index is 1400. The summed E-state index contributed by atoms with van der Waals surface area (Å²) in [4.78, 5) is 27.8. The van der Waals surface area contributed by atoms with Crippen LogP contribution in [0.4, 0.5) is 5.69 Å². The molecular weight excluding hydrogens is 506 g/mol. The lowest BCUT2D eigenvalue weighted by Gasteiger charge is -2.29. The van der Waals surface area contributed by atoms with Crippen molar-refractivity contribution in [2.24, 2.45) is 0 Å². The monoisotopic (exact) mass is 541 g/mol. The Kier molecular flexibility index (Phi) is 9.04. The lowest BCUT2D eigenvalue weighted by Crippen LogP contribution is -2.37. The zero-order valence-corrected chi connectivity index (χ0v) is 22.7. The molecule has 11 heteroatoms. The topological polar surface area (TPSA) is 134 Å². The molecule has 0 spiro atoms. The van der Waals surface area contributed by atoms with E-state index in [1.165, 1.54) is 6.33 Å². The van der Waals surface area contributed by atoms with Gasteiger partial charge in [0.2, 0.25) is 0 Å². The fraction of sp³-hybridized carbons (Fsp3) is 0.379. The first-order valence-electron chi connectivity index (χ1n) is 13.7. The normalized spacial score (nSPS) is 14.2. The van der Waals surface area contributed by atoms with Gasteiger partial charge < -0.3 is 25.2 Å². The second-order valence-electron chi connectivity index (χ2n) is 9.87. The van der Waals surface area contributed by atoms with Crippen LogP contribution < -0.4 is 10.6 Å². The number of likely N-dealkylation sites (tertiary alicyclic amines) is 1.